The van der Waals surface area contributed by atoms with Crippen LogP contribution in [0.4, 0.5) is 0 Å². The van der Waals surface area contributed by atoms with Gasteiger partial charge in [-0.25, -0.2) is 0 Å². The molecule has 1 amide bonds. The van der Waals surface area contributed by atoms with Crippen molar-refractivity contribution >= 4 is 5.91 Å². The lowest BCUT2D eigenvalue weighted by Gasteiger charge is -2.20. The fraction of sp³-hybridized carbons (Fsp3) is 0.750. The number of carbonyl (C=O) groups is 1. The van der Waals surface area contributed by atoms with Crippen molar-refractivity contribution in [2.45, 2.75) is 105 Å². The van der Waals surface area contributed by atoms with Crippen molar-refractivity contribution in [3.8, 4) is 28.7 Å². The van der Waals surface area contributed by atoms with Gasteiger partial charge in [0.1, 0.15) is 31.3 Å². The number of amides is 1. The summed E-state index contributed by atoms with van der Waals surface area (Å²) in [5.41, 5.74) is 1.13. The zero-order chi connectivity index (χ0) is 49.1. The second-order valence-corrected chi connectivity index (χ2v) is 16.4. The first kappa shape index (κ1) is 60.7. The summed E-state index contributed by atoms with van der Waals surface area (Å²) in [6.45, 7) is 17.7. The second kappa shape index (κ2) is 42.4. The fourth-order valence-electron chi connectivity index (χ4n) is 6.66. The Balaban J connectivity index is 2.32. The maximum Gasteiger partial charge on any atom is 0.251 e. The Kier molecular flexibility index (Phi) is 37.9. The molecule has 0 spiro atoms. The number of aliphatic hydroxyl groups excluding tert-OH is 2. The van der Waals surface area contributed by atoms with Crippen molar-refractivity contribution in [3.05, 3.63) is 41.5 Å². The number of aliphatic hydroxyl groups is 2. The van der Waals surface area contributed by atoms with Gasteiger partial charge >= 0.3 is 0 Å². The predicted molar refractivity (Wildman–Crippen MR) is 263 cm³/mol. The van der Waals surface area contributed by atoms with Crippen LogP contribution in [0, 0.1) is 11.8 Å². The topological polar surface area (TPSA) is 180 Å². The Morgan fingerprint density at radius 3 is 1.28 bits per heavy atom. The van der Waals surface area contributed by atoms with Crippen LogP contribution in [0.15, 0.2) is 30.3 Å². The van der Waals surface area contributed by atoms with Gasteiger partial charge in [0.05, 0.1) is 112 Å². The maximum absolute atomic E-state index is 14.1. The van der Waals surface area contributed by atoms with Crippen LogP contribution in [0.5, 0.6) is 28.7 Å². The van der Waals surface area contributed by atoms with Gasteiger partial charge in [-0.15, -0.1) is 0 Å². The molecule has 2 aromatic rings. The normalized spacial score (nSPS) is 12.2. The van der Waals surface area contributed by atoms with E-state index in [0.717, 1.165) is 76.4 Å². The highest BCUT2D eigenvalue weighted by molar-refractivity contribution is 5.95. The Bertz CT molecular complexity index is 1420. The number of hydrogen-bond acceptors (Lipinski definition) is 15. The number of benzene rings is 2. The van der Waals surface area contributed by atoms with Crippen LogP contribution in [0.2, 0.25) is 0 Å². The highest BCUT2D eigenvalue weighted by Crippen LogP contribution is 2.39. The maximum atomic E-state index is 14.1. The number of hydrogen-bond donors (Lipinski definition) is 3. The van der Waals surface area contributed by atoms with Crippen molar-refractivity contribution < 1.29 is 71.8 Å². The molecule has 0 radical (unpaired) electrons. The number of rotatable bonds is 48. The van der Waals surface area contributed by atoms with Gasteiger partial charge in [0.25, 0.3) is 5.91 Å². The zero-order valence-corrected chi connectivity index (χ0v) is 42.4. The highest BCUT2D eigenvalue weighted by atomic mass is 16.6. The van der Waals surface area contributed by atoms with Crippen LogP contribution in [-0.2, 0) is 39.7 Å². The van der Waals surface area contributed by atoms with Gasteiger partial charge in [0.2, 0.25) is 5.75 Å². The molecule has 2 aromatic carbocycles. The number of nitrogens with one attached hydrogen (secondary N) is 1. The van der Waals surface area contributed by atoms with E-state index in [1.807, 2.05) is 18.2 Å². The molecule has 16 nitrogen and oxygen atoms in total. The lowest BCUT2D eigenvalue weighted by molar-refractivity contribution is 0.00825. The first-order valence-electron chi connectivity index (χ1n) is 25.4. The first-order valence-corrected chi connectivity index (χ1v) is 25.4. The van der Waals surface area contributed by atoms with Crippen molar-refractivity contribution in [2.75, 3.05) is 139 Å². The van der Waals surface area contributed by atoms with E-state index in [4.69, 9.17) is 67.1 Å². The van der Waals surface area contributed by atoms with Crippen LogP contribution in [0.25, 0.3) is 0 Å². The summed E-state index contributed by atoms with van der Waals surface area (Å²) in [5.74, 6) is 2.83. The molecule has 0 aliphatic heterocycles. The third-order valence-electron chi connectivity index (χ3n) is 10.8. The van der Waals surface area contributed by atoms with Crippen LogP contribution in [0.1, 0.15) is 115 Å². The summed E-state index contributed by atoms with van der Waals surface area (Å²) >= 11 is 0. The molecule has 0 heterocycles. The predicted octanol–water partition coefficient (Wildman–Crippen LogP) is 7.84. The van der Waals surface area contributed by atoms with Crippen LogP contribution < -0.4 is 29.0 Å². The average Bonchev–Trinajstić information content (AvgIpc) is 3.35. The summed E-state index contributed by atoms with van der Waals surface area (Å²) in [7, 11) is 0. The van der Waals surface area contributed by atoms with Gasteiger partial charge in [-0.1, -0.05) is 79.6 Å². The number of ether oxygens (including phenoxy) is 12. The van der Waals surface area contributed by atoms with Gasteiger partial charge in [0, 0.05) is 24.8 Å². The molecule has 0 saturated heterocycles. The van der Waals surface area contributed by atoms with Crippen molar-refractivity contribution in [1.82, 2.24) is 5.32 Å². The molecule has 0 bridgehead atoms. The van der Waals surface area contributed by atoms with Gasteiger partial charge in [-0.3, -0.25) is 4.79 Å². The van der Waals surface area contributed by atoms with E-state index >= 15 is 0 Å². The van der Waals surface area contributed by atoms with E-state index in [0.29, 0.717) is 101 Å². The lowest BCUT2D eigenvalue weighted by Crippen LogP contribution is -2.23. The van der Waals surface area contributed by atoms with E-state index in [1.54, 1.807) is 12.1 Å². The van der Waals surface area contributed by atoms with E-state index in [9.17, 15) is 4.79 Å². The molecule has 392 valence electrons. The minimum atomic E-state index is -0.357. The summed E-state index contributed by atoms with van der Waals surface area (Å²) in [6, 6.07) is 9.15. The van der Waals surface area contributed by atoms with Crippen molar-refractivity contribution in [2.24, 2.45) is 11.8 Å². The molecule has 2 unspecified atom stereocenters. The van der Waals surface area contributed by atoms with E-state index < -0.39 is 0 Å². The van der Waals surface area contributed by atoms with Crippen LogP contribution >= 0.6 is 0 Å². The van der Waals surface area contributed by atoms with Crippen molar-refractivity contribution in [3.63, 3.8) is 0 Å². The SMILES string of the molecule is CCCCOCCOCCOCCOc1c(OCCOCCOCCO)cc(C(=O)NCc2cc(OCC(CC)CCCC)cc(OCC(CC)CCCC)c2)cc1OCCOCCOCCO. The Morgan fingerprint density at radius 1 is 0.471 bits per heavy atom. The molecule has 0 aliphatic carbocycles. The van der Waals surface area contributed by atoms with Gasteiger partial charge in [-0.05, 0) is 60.9 Å². The largest absolute Gasteiger partial charge is 0.493 e. The average molecular weight is 968 g/mol. The number of carbonyl (C=O) groups excluding carboxylic acids is 1. The minimum Gasteiger partial charge on any atom is -0.493 e. The van der Waals surface area contributed by atoms with E-state index in [-0.39, 0.29) is 90.0 Å². The first-order chi connectivity index (χ1) is 33.4. The van der Waals surface area contributed by atoms with Gasteiger partial charge < -0.3 is 72.4 Å². The second-order valence-electron chi connectivity index (χ2n) is 16.4. The lowest BCUT2D eigenvalue weighted by atomic mass is 10.0. The molecule has 2 rings (SSSR count). The Morgan fingerprint density at radius 2 is 0.868 bits per heavy atom. The summed E-state index contributed by atoms with van der Waals surface area (Å²) in [5, 5.41) is 21.1. The summed E-state index contributed by atoms with van der Waals surface area (Å²) in [4.78, 5) is 14.1. The molecule has 16 heteroatoms. The molecule has 0 fully saturated rings. The quantitative estimate of drug-likeness (QED) is 0.0546. The molecule has 3 N–H and O–H groups in total. The van der Waals surface area contributed by atoms with Gasteiger partial charge in [-0.2, -0.15) is 0 Å². The molecule has 0 saturated carbocycles. The fourth-order valence-corrected chi connectivity index (χ4v) is 6.66. The Labute approximate surface area is 408 Å². The minimum absolute atomic E-state index is 0.0632. The Hall–Kier alpha value is -3.45. The third-order valence-corrected chi connectivity index (χ3v) is 10.8. The van der Waals surface area contributed by atoms with Crippen molar-refractivity contribution in [1.29, 1.82) is 0 Å². The van der Waals surface area contributed by atoms with Crippen LogP contribution in [-0.4, -0.2) is 155 Å². The van der Waals surface area contributed by atoms with Crippen LogP contribution in [0.3, 0.4) is 0 Å². The molecule has 0 aliphatic rings. The smallest absolute Gasteiger partial charge is 0.251 e. The monoisotopic (exact) mass is 968 g/mol. The molecular formula is C52H89NO15. The zero-order valence-electron chi connectivity index (χ0n) is 42.4. The molecular weight excluding hydrogens is 879 g/mol. The van der Waals surface area contributed by atoms with E-state index in [1.165, 1.54) is 0 Å². The molecule has 2 atom stereocenters. The van der Waals surface area contributed by atoms with Gasteiger partial charge in [0.15, 0.2) is 11.5 Å². The summed E-state index contributed by atoms with van der Waals surface area (Å²) < 4.78 is 70.4. The van der Waals surface area contributed by atoms with E-state index in [2.05, 4.69) is 39.9 Å². The molecule has 68 heavy (non-hydrogen) atoms. The molecule has 0 aromatic heterocycles. The standard InChI is InChI=1S/C52H89NO15/c1-6-11-14-43(9-4)41-67-47-35-45(36-48(39-47)68-42-44(10-5)15-12-7-2)40-53-52(56)46-37-49(64-32-29-61-25-22-58-19-16-54)51(50(38-46)65-33-30-62-26-23-59-20-17-55)66-34-31-63-28-27-60-24-21-57-18-13-8-3/h35-39,43-44,54-55H,6-34,40-42H2,1-5H3,(H,53,56). The summed E-state index contributed by atoms with van der Waals surface area (Å²) in [6.07, 6.45) is 11.0. The highest BCUT2D eigenvalue weighted by Gasteiger charge is 2.20. The number of unbranched alkanes of at least 4 members (excludes halogenated alkanes) is 3. The third kappa shape index (κ3) is 29.5.